The molecule has 6 heteroatoms. The van der Waals surface area contributed by atoms with Crippen LogP contribution in [0.3, 0.4) is 0 Å². The summed E-state index contributed by atoms with van der Waals surface area (Å²) in [5.41, 5.74) is 1.69. The van der Waals surface area contributed by atoms with E-state index >= 15 is 0 Å². The number of aromatic nitrogens is 1. The molecule has 3 rings (SSSR count). The molecule has 1 aliphatic rings. The van der Waals surface area contributed by atoms with Crippen molar-refractivity contribution in [2.75, 3.05) is 18.1 Å². The molecule has 1 saturated heterocycles. The third kappa shape index (κ3) is 2.88. The topological polar surface area (TPSA) is 68.2 Å². The number of carbonyl (C=O) groups excluding carboxylic acids is 1. The standard InChI is InChI=1S/C16H20N2O3S/c1-2-18-10-14(13-5-3-4-6-15(13)18)16(19)17-9-12-7-8-22(20,21)11-12/h3-6,10,12H,2,7-9,11H2,1H3,(H,17,19)/t12-/m1/s1. The van der Waals surface area contributed by atoms with Gasteiger partial charge in [0.2, 0.25) is 0 Å². The number of hydrogen-bond donors (Lipinski definition) is 1. The third-order valence-corrected chi connectivity index (χ3v) is 6.09. The first-order valence-corrected chi connectivity index (χ1v) is 9.39. The van der Waals surface area contributed by atoms with Crippen LogP contribution in [0, 0.1) is 5.92 Å². The van der Waals surface area contributed by atoms with E-state index < -0.39 is 9.84 Å². The second-order valence-corrected chi connectivity index (χ2v) is 8.05. The summed E-state index contributed by atoms with van der Waals surface area (Å²) in [7, 11) is -2.90. The number of carbonyl (C=O) groups is 1. The fourth-order valence-corrected chi connectivity index (χ4v) is 4.92. The lowest BCUT2D eigenvalue weighted by molar-refractivity contribution is 0.0950. The number of fused-ring (bicyclic) bond motifs is 1. The molecule has 1 aromatic heterocycles. The van der Waals surface area contributed by atoms with E-state index in [9.17, 15) is 13.2 Å². The fourth-order valence-electron chi connectivity index (χ4n) is 3.05. The van der Waals surface area contributed by atoms with Gasteiger partial charge in [0.25, 0.3) is 5.91 Å². The first-order valence-electron chi connectivity index (χ1n) is 7.56. The molecule has 2 heterocycles. The zero-order valence-corrected chi connectivity index (χ0v) is 13.4. The lowest BCUT2D eigenvalue weighted by Crippen LogP contribution is -2.29. The molecule has 118 valence electrons. The molecule has 0 saturated carbocycles. The third-order valence-electron chi connectivity index (χ3n) is 4.25. The van der Waals surface area contributed by atoms with Crippen LogP contribution in [-0.4, -0.2) is 36.9 Å². The molecule has 0 spiro atoms. The quantitative estimate of drug-likeness (QED) is 0.934. The Morgan fingerprint density at radius 1 is 1.36 bits per heavy atom. The molecule has 1 amide bonds. The molecule has 1 N–H and O–H groups in total. The molecule has 0 aliphatic carbocycles. The molecule has 0 unspecified atom stereocenters. The largest absolute Gasteiger partial charge is 0.352 e. The van der Waals surface area contributed by atoms with Gasteiger partial charge in [-0.3, -0.25) is 4.79 Å². The van der Waals surface area contributed by atoms with Gasteiger partial charge in [0.1, 0.15) is 0 Å². The minimum atomic E-state index is -2.90. The number of nitrogens with one attached hydrogen (secondary N) is 1. The van der Waals surface area contributed by atoms with Gasteiger partial charge < -0.3 is 9.88 Å². The van der Waals surface area contributed by atoms with E-state index in [-0.39, 0.29) is 23.3 Å². The van der Waals surface area contributed by atoms with Crippen molar-refractivity contribution in [1.82, 2.24) is 9.88 Å². The highest BCUT2D eigenvalue weighted by atomic mass is 32.2. The van der Waals surface area contributed by atoms with Gasteiger partial charge in [0.15, 0.2) is 9.84 Å². The van der Waals surface area contributed by atoms with E-state index in [0.717, 1.165) is 17.4 Å². The number of benzene rings is 1. The van der Waals surface area contributed by atoms with Crippen LogP contribution in [0.25, 0.3) is 10.9 Å². The molecule has 22 heavy (non-hydrogen) atoms. The van der Waals surface area contributed by atoms with E-state index in [1.165, 1.54) is 0 Å². The van der Waals surface area contributed by atoms with Crippen molar-refractivity contribution in [3.63, 3.8) is 0 Å². The predicted molar refractivity (Wildman–Crippen MR) is 86.7 cm³/mol. The lowest BCUT2D eigenvalue weighted by atomic mass is 10.1. The number of nitrogens with zero attached hydrogens (tertiary/aromatic N) is 1. The summed E-state index contributed by atoms with van der Waals surface area (Å²) < 4.78 is 25.0. The van der Waals surface area contributed by atoms with Crippen molar-refractivity contribution in [3.05, 3.63) is 36.0 Å². The maximum Gasteiger partial charge on any atom is 0.253 e. The molecule has 2 aromatic rings. The van der Waals surface area contributed by atoms with Gasteiger partial charge >= 0.3 is 0 Å². The van der Waals surface area contributed by atoms with Gasteiger partial charge in [-0.25, -0.2) is 8.42 Å². The van der Waals surface area contributed by atoms with Crippen LogP contribution >= 0.6 is 0 Å². The van der Waals surface area contributed by atoms with Crippen LogP contribution in [0.4, 0.5) is 0 Å². The highest BCUT2D eigenvalue weighted by molar-refractivity contribution is 7.91. The fraction of sp³-hybridized carbons (Fsp3) is 0.438. The summed E-state index contributed by atoms with van der Waals surface area (Å²) in [5.74, 6) is 0.327. The highest BCUT2D eigenvalue weighted by Crippen LogP contribution is 2.22. The van der Waals surface area contributed by atoms with Crippen LogP contribution < -0.4 is 5.32 Å². The first-order chi connectivity index (χ1) is 10.5. The summed E-state index contributed by atoms with van der Waals surface area (Å²) in [4.78, 5) is 12.4. The number of amides is 1. The van der Waals surface area contributed by atoms with Crippen molar-refractivity contribution >= 4 is 26.6 Å². The van der Waals surface area contributed by atoms with Gasteiger partial charge in [-0.15, -0.1) is 0 Å². The van der Waals surface area contributed by atoms with Crippen LogP contribution in [0.5, 0.6) is 0 Å². The SMILES string of the molecule is CCn1cc(C(=O)NC[C@H]2CCS(=O)(=O)C2)c2ccccc21. The minimum absolute atomic E-state index is 0.0356. The normalized spacial score (nSPS) is 20.3. The van der Waals surface area contributed by atoms with E-state index in [1.54, 1.807) is 0 Å². The van der Waals surface area contributed by atoms with Gasteiger partial charge in [0, 0.05) is 30.2 Å². The number of hydrogen-bond acceptors (Lipinski definition) is 3. The smallest absolute Gasteiger partial charge is 0.253 e. The second kappa shape index (κ2) is 5.76. The van der Waals surface area contributed by atoms with E-state index in [4.69, 9.17) is 0 Å². The van der Waals surface area contributed by atoms with Gasteiger partial charge in [0.05, 0.1) is 17.1 Å². The molecular weight excluding hydrogens is 300 g/mol. The van der Waals surface area contributed by atoms with Gasteiger partial charge in [-0.1, -0.05) is 18.2 Å². The highest BCUT2D eigenvalue weighted by Gasteiger charge is 2.28. The van der Waals surface area contributed by atoms with Crippen LogP contribution in [0.1, 0.15) is 23.7 Å². The molecule has 1 atom stereocenters. The molecular formula is C16H20N2O3S. The zero-order valence-electron chi connectivity index (χ0n) is 12.6. The summed E-state index contributed by atoms with van der Waals surface area (Å²) in [6, 6.07) is 7.82. The minimum Gasteiger partial charge on any atom is -0.352 e. The molecule has 0 radical (unpaired) electrons. The van der Waals surface area contributed by atoms with Crippen LogP contribution in [0.15, 0.2) is 30.5 Å². The van der Waals surface area contributed by atoms with Gasteiger partial charge in [-0.05, 0) is 25.3 Å². The number of aryl methyl sites for hydroxylation is 1. The maximum absolute atomic E-state index is 12.4. The zero-order chi connectivity index (χ0) is 15.7. The summed E-state index contributed by atoms with van der Waals surface area (Å²) in [5, 5.41) is 3.82. The Kier molecular flexibility index (Phi) is 3.95. The van der Waals surface area contributed by atoms with Crippen molar-refractivity contribution in [2.24, 2.45) is 5.92 Å². The molecule has 0 bridgehead atoms. The average Bonchev–Trinajstić information content (AvgIpc) is 3.05. The van der Waals surface area contributed by atoms with Crippen molar-refractivity contribution in [2.45, 2.75) is 19.9 Å². The summed E-state index contributed by atoms with van der Waals surface area (Å²) in [6.45, 7) is 3.26. The van der Waals surface area contributed by atoms with E-state index in [0.29, 0.717) is 18.5 Å². The second-order valence-electron chi connectivity index (χ2n) is 5.83. The number of sulfone groups is 1. The van der Waals surface area contributed by atoms with Crippen molar-refractivity contribution in [3.8, 4) is 0 Å². The number of rotatable bonds is 4. The molecule has 5 nitrogen and oxygen atoms in total. The van der Waals surface area contributed by atoms with Crippen molar-refractivity contribution < 1.29 is 13.2 Å². The maximum atomic E-state index is 12.4. The molecule has 1 fully saturated rings. The molecule has 1 aromatic carbocycles. The molecule has 1 aliphatic heterocycles. The van der Waals surface area contributed by atoms with Crippen LogP contribution in [-0.2, 0) is 16.4 Å². The van der Waals surface area contributed by atoms with E-state index in [1.807, 2.05) is 42.0 Å². The Morgan fingerprint density at radius 3 is 2.82 bits per heavy atom. The van der Waals surface area contributed by atoms with Crippen molar-refractivity contribution in [1.29, 1.82) is 0 Å². The lowest BCUT2D eigenvalue weighted by Gasteiger charge is -2.09. The summed E-state index contributed by atoms with van der Waals surface area (Å²) in [6.07, 6.45) is 2.50. The monoisotopic (exact) mass is 320 g/mol. The first kappa shape index (κ1) is 15.1. The van der Waals surface area contributed by atoms with Gasteiger partial charge in [-0.2, -0.15) is 0 Å². The van der Waals surface area contributed by atoms with E-state index in [2.05, 4.69) is 5.32 Å². The Bertz CT molecular complexity index is 808. The Balaban J connectivity index is 1.76. The average molecular weight is 320 g/mol. The predicted octanol–water partition coefficient (Wildman–Crippen LogP) is 1.83. The summed E-state index contributed by atoms with van der Waals surface area (Å²) >= 11 is 0. The Labute approximate surface area is 130 Å². The number of para-hydroxylation sites is 1. The Hall–Kier alpha value is -1.82. The Morgan fingerprint density at radius 2 is 2.14 bits per heavy atom. The van der Waals surface area contributed by atoms with Crippen LogP contribution in [0.2, 0.25) is 0 Å².